The van der Waals surface area contributed by atoms with Crippen molar-refractivity contribution in [2.75, 3.05) is 6.61 Å². The molecule has 0 fully saturated rings. The van der Waals surface area contributed by atoms with Gasteiger partial charge in [0.2, 0.25) is 0 Å². The monoisotopic (exact) mass is 320 g/mol. The SMILES string of the molecule is CCOC(=O)CC(=O)CCc1ccc(C(=O)OC(C)(C)C)cc1. The van der Waals surface area contributed by atoms with Gasteiger partial charge in [0.15, 0.2) is 0 Å². The Morgan fingerprint density at radius 2 is 1.65 bits per heavy atom. The van der Waals surface area contributed by atoms with Crippen molar-refractivity contribution in [2.24, 2.45) is 0 Å². The van der Waals surface area contributed by atoms with E-state index in [1.807, 2.05) is 20.8 Å². The van der Waals surface area contributed by atoms with Crippen LogP contribution in [0, 0.1) is 0 Å². The molecule has 0 saturated carbocycles. The highest BCUT2D eigenvalue weighted by Crippen LogP contribution is 2.13. The highest BCUT2D eigenvalue weighted by atomic mass is 16.6. The van der Waals surface area contributed by atoms with Crippen LogP contribution in [0.15, 0.2) is 24.3 Å². The zero-order valence-electron chi connectivity index (χ0n) is 14.2. The maximum Gasteiger partial charge on any atom is 0.338 e. The summed E-state index contributed by atoms with van der Waals surface area (Å²) in [6.07, 6.45) is 0.598. The second-order valence-electron chi connectivity index (χ2n) is 6.22. The minimum atomic E-state index is -0.532. The predicted molar refractivity (Wildman–Crippen MR) is 86.2 cm³/mol. The van der Waals surface area contributed by atoms with Crippen molar-refractivity contribution >= 4 is 17.7 Å². The Labute approximate surface area is 137 Å². The number of carbonyl (C=O) groups is 3. The highest BCUT2D eigenvalue weighted by molar-refractivity contribution is 5.95. The quantitative estimate of drug-likeness (QED) is 0.570. The first-order valence-electron chi connectivity index (χ1n) is 7.71. The van der Waals surface area contributed by atoms with Crippen LogP contribution in [-0.2, 0) is 25.5 Å². The van der Waals surface area contributed by atoms with Crippen LogP contribution in [0.25, 0.3) is 0 Å². The van der Waals surface area contributed by atoms with Gasteiger partial charge in [0, 0.05) is 6.42 Å². The van der Waals surface area contributed by atoms with Crippen LogP contribution in [0.3, 0.4) is 0 Å². The molecule has 0 saturated heterocycles. The molecule has 126 valence electrons. The molecular formula is C18H24O5. The number of aryl methyl sites for hydroxylation is 1. The van der Waals surface area contributed by atoms with Gasteiger partial charge < -0.3 is 9.47 Å². The second-order valence-corrected chi connectivity index (χ2v) is 6.22. The Kier molecular flexibility index (Phi) is 6.94. The fraction of sp³-hybridized carbons (Fsp3) is 0.500. The Hall–Kier alpha value is -2.17. The summed E-state index contributed by atoms with van der Waals surface area (Å²) in [5.74, 6) is -1.01. The molecule has 0 bridgehead atoms. The number of ketones is 1. The smallest absolute Gasteiger partial charge is 0.338 e. The molecule has 0 aliphatic carbocycles. The zero-order chi connectivity index (χ0) is 17.5. The normalized spacial score (nSPS) is 11.0. The Balaban J connectivity index is 2.50. The largest absolute Gasteiger partial charge is 0.466 e. The molecule has 0 unspecified atom stereocenters. The summed E-state index contributed by atoms with van der Waals surface area (Å²) in [5, 5.41) is 0. The van der Waals surface area contributed by atoms with Crippen molar-refractivity contribution in [1.82, 2.24) is 0 Å². The molecule has 0 aliphatic heterocycles. The van der Waals surface area contributed by atoms with E-state index in [-0.39, 0.29) is 31.2 Å². The molecule has 0 spiro atoms. The van der Waals surface area contributed by atoms with Crippen LogP contribution >= 0.6 is 0 Å². The van der Waals surface area contributed by atoms with E-state index in [0.29, 0.717) is 12.0 Å². The van der Waals surface area contributed by atoms with Gasteiger partial charge in [-0.1, -0.05) is 12.1 Å². The number of ether oxygens (including phenoxy) is 2. The molecule has 5 nitrogen and oxygen atoms in total. The van der Waals surface area contributed by atoms with Crippen LogP contribution in [0.5, 0.6) is 0 Å². The molecule has 0 amide bonds. The molecular weight excluding hydrogens is 296 g/mol. The van der Waals surface area contributed by atoms with Crippen molar-refractivity contribution in [3.05, 3.63) is 35.4 Å². The maximum absolute atomic E-state index is 11.9. The molecule has 0 N–H and O–H groups in total. The van der Waals surface area contributed by atoms with Crippen molar-refractivity contribution in [1.29, 1.82) is 0 Å². The van der Waals surface area contributed by atoms with Gasteiger partial charge in [-0.2, -0.15) is 0 Å². The summed E-state index contributed by atoms with van der Waals surface area (Å²) in [7, 11) is 0. The molecule has 1 rings (SSSR count). The predicted octanol–water partition coefficient (Wildman–Crippen LogP) is 3.10. The van der Waals surface area contributed by atoms with E-state index in [1.54, 1.807) is 31.2 Å². The minimum absolute atomic E-state index is 0.153. The van der Waals surface area contributed by atoms with E-state index >= 15 is 0 Å². The minimum Gasteiger partial charge on any atom is -0.466 e. The average Bonchev–Trinajstić information content (AvgIpc) is 2.44. The van der Waals surface area contributed by atoms with E-state index in [2.05, 4.69) is 0 Å². The second kappa shape index (κ2) is 8.46. The number of carbonyl (C=O) groups excluding carboxylic acids is 3. The summed E-state index contributed by atoms with van der Waals surface area (Å²) in [6, 6.07) is 6.94. The summed E-state index contributed by atoms with van der Waals surface area (Å²) in [4.78, 5) is 34.8. The van der Waals surface area contributed by atoms with Crippen LogP contribution in [0.4, 0.5) is 0 Å². The first-order chi connectivity index (χ1) is 10.7. The number of rotatable bonds is 7. The molecule has 0 atom stereocenters. The van der Waals surface area contributed by atoms with Crippen molar-refractivity contribution < 1.29 is 23.9 Å². The maximum atomic E-state index is 11.9. The van der Waals surface area contributed by atoms with Crippen LogP contribution in [-0.4, -0.2) is 29.9 Å². The van der Waals surface area contributed by atoms with Crippen molar-refractivity contribution in [3.63, 3.8) is 0 Å². The first-order valence-corrected chi connectivity index (χ1v) is 7.71. The molecule has 0 aromatic heterocycles. The molecule has 0 heterocycles. The van der Waals surface area contributed by atoms with Gasteiger partial charge in [0.05, 0.1) is 12.2 Å². The van der Waals surface area contributed by atoms with Crippen molar-refractivity contribution in [3.8, 4) is 0 Å². The van der Waals surface area contributed by atoms with Gasteiger partial charge in [-0.15, -0.1) is 0 Å². The van der Waals surface area contributed by atoms with Gasteiger partial charge >= 0.3 is 11.9 Å². The van der Waals surface area contributed by atoms with Gasteiger partial charge in [0.1, 0.15) is 17.8 Å². The fourth-order valence-electron chi connectivity index (χ4n) is 1.89. The number of Topliss-reactive ketones (excluding diaryl/α,β-unsaturated/α-hetero) is 1. The van der Waals surface area contributed by atoms with E-state index in [9.17, 15) is 14.4 Å². The lowest BCUT2D eigenvalue weighted by Gasteiger charge is -2.19. The van der Waals surface area contributed by atoms with Gasteiger partial charge in [-0.25, -0.2) is 4.79 Å². The lowest BCUT2D eigenvalue weighted by atomic mass is 10.0. The number of esters is 2. The summed E-state index contributed by atoms with van der Waals surface area (Å²) >= 11 is 0. The lowest BCUT2D eigenvalue weighted by molar-refractivity contribution is -0.145. The molecule has 23 heavy (non-hydrogen) atoms. The molecule has 1 aromatic rings. The topological polar surface area (TPSA) is 69.7 Å². The molecule has 5 heteroatoms. The number of benzene rings is 1. The highest BCUT2D eigenvalue weighted by Gasteiger charge is 2.17. The molecule has 0 aliphatic rings. The van der Waals surface area contributed by atoms with Crippen LogP contribution in [0.1, 0.15) is 56.5 Å². The van der Waals surface area contributed by atoms with Crippen LogP contribution in [0.2, 0.25) is 0 Å². The van der Waals surface area contributed by atoms with E-state index in [1.165, 1.54) is 0 Å². The van der Waals surface area contributed by atoms with Crippen LogP contribution < -0.4 is 0 Å². The molecule has 0 radical (unpaired) electrons. The first kappa shape index (κ1) is 18.9. The Bertz CT molecular complexity index is 552. The third kappa shape index (κ3) is 7.58. The van der Waals surface area contributed by atoms with Gasteiger partial charge in [0.25, 0.3) is 0 Å². The standard InChI is InChI=1S/C18H24O5/c1-5-22-16(20)12-15(19)11-8-13-6-9-14(10-7-13)17(21)23-18(2,3)4/h6-7,9-10H,5,8,11-12H2,1-4H3. The summed E-state index contributed by atoms with van der Waals surface area (Å²) in [6.45, 7) is 7.42. The van der Waals surface area contributed by atoms with Crippen molar-refractivity contribution in [2.45, 2.75) is 52.6 Å². The summed E-state index contributed by atoms with van der Waals surface area (Å²) < 4.78 is 10.0. The van der Waals surface area contributed by atoms with Gasteiger partial charge in [-0.05, 0) is 51.8 Å². The Morgan fingerprint density at radius 3 is 2.17 bits per heavy atom. The van der Waals surface area contributed by atoms with E-state index in [0.717, 1.165) is 5.56 Å². The van der Waals surface area contributed by atoms with E-state index in [4.69, 9.17) is 9.47 Å². The number of hydrogen-bond acceptors (Lipinski definition) is 5. The Morgan fingerprint density at radius 1 is 1.04 bits per heavy atom. The fourth-order valence-corrected chi connectivity index (χ4v) is 1.89. The summed E-state index contributed by atoms with van der Waals surface area (Å²) in [5.41, 5.74) is 0.867. The number of hydrogen-bond donors (Lipinski definition) is 0. The third-order valence-corrected chi connectivity index (χ3v) is 2.93. The third-order valence-electron chi connectivity index (χ3n) is 2.93. The van der Waals surface area contributed by atoms with E-state index < -0.39 is 11.6 Å². The average molecular weight is 320 g/mol. The lowest BCUT2D eigenvalue weighted by Crippen LogP contribution is -2.23. The zero-order valence-corrected chi connectivity index (χ0v) is 14.2. The van der Waals surface area contributed by atoms with Gasteiger partial charge in [-0.3, -0.25) is 9.59 Å². The molecule has 1 aromatic carbocycles.